The number of ether oxygens (including phenoxy) is 2. The number of rotatable bonds is 2. The first-order valence-electron chi connectivity index (χ1n) is 6.82. The van der Waals surface area contributed by atoms with Gasteiger partial charge in [0.2, 0.25) is 0 Å². The summed E-state index contributed by atoms with van der Waals surface area (Å²) in [6.07, 6.45) is -0.586. The number of aromatic amines is 1. The van der Waals surface area contributed by atoms with Gasteiger partial charge in [0.05, 0.1) is 36.6 Å². The smallest absolute Gasteiger partial charge is 0.272 e. The van der Waals surface area contributed by atoms with Gasteiger partial charge in [0, 0.05) is 5.56 Å². The van der Waals surface area contributed by atoms with E-state index in [-0.39, 0.29) is 17.7 Å². The summed E-state index contributed by atoms with van der Waals surface area (Å²) < 4.78 is 39.1. The van der Waals surface area contributed by atoms with Gasteiger partial charge in [-0.2, -0.15) is 5.10 Å². The molecule has 0 spiro atoms. The maximum Gasteiger partial charge on any atom is 0.272 e. The van der Waals surface area contributed by atoms with Crippen LogP contribution in [-0.4, -0.2) is 30.0 Å². The van der Waals surface area contributed by atoms with Crippen molar-refractivity contribution in [2.75, 3.05) is 19.8 Å². The molecule has 0 saturated carbocycles. The summed E-state index contributed by atoms with van der Waals surface area (Å²) in [4.78, 5) is 12.2. The fourth-order valence-corrected chi connectivity index (χ4v) is 2.59. The van der Waals surface area contributed by atoms with Crippen molar-refractivity contribution < 1.29 is 18.3 Å². The van der Waals surface area contributed by atoms with Crippen molar-refractivity contribution in [3.8, 4) is 11.1 Å². The topological polar surface area (TPSA) is 64.2 Å². The van der Waals surface area contributed by atoms with Crippen molar-refractivity contribution in [1.82, 2.24) is 10.2 Å². The molecule has 1 aromatic heterocycles. The highest BCUT2D eigenvalue weighted by Gasteiger charge is 2.28. The van der Waals surface area contributed by atoms with Gasteiger partial charge in [0.25, 0.3) is 5.56 Å². The van der Waals surface area contributed by atoms with Crippen LogP contribution in [0.1, 0.15) is 17.4 Å². The van der Waals surface area contributed by atoms with Gasteiger partial charge in [0.1, 0.15) is 17.7 Å². The molecule has 0 bridgehead atoms. The lowest BCUT2D eigenvalue weighted by Crippen LogP contribution is -2.27. The van der Waals surface area contributed by atoms with Crippen LogP contribution in [0.2, 0.25) is 0 Å². The van der Waals surface area contributed by atoms with Gasteiger partial charge in [-0.3, -0.25) is 4.79 Å². The Morgan fingerprint density at radius 3 is 2.59 bits per heavy atom. The number of nitrogens with zero attached hydrogens (tertiary/aromatic N) is 1. The van der Waals surface area contributed by atoms with E-state index in [0.717, 1.165) is 12.1 Å². The minimum absolute atomic E-state index is 0.0985. The maximum atomic E-state index is 14.1. The molecule has 1 unspecified atom stereocenters. The Balaban J connectivity index is 2.27. The minimum Gasteiger partial charge on any atom is -0.376 e. The summed E-state index contributed by atoms with van der Waals surface area (Å²) in [5, 5.41) is 6.15. The van der Waals surface area contributed by atoms with Crippen molar-refractivity contribution in [1.29, 1.82) is 0 Å². The molecule has 116 valence electrons. The second kappa shape index (κ2) is 5.94. The average molecular weight is 308 g/mol. The Labute approximate surface area is 124 Å². The number of hydrogen-bond donors (Lipinski definition) is 1. The van der Waals surface area contributed by atoms with Crippen LogP contribution in [0.3, 0.4) is 0 Å². The second-order valence-corrected chi connectivity index (χ2v) is 4.96. The zero-order valence-electron chi connectivity index (χ0n) is 11.9. The number of halogens is 2. The van der Waals surface area contributed by atoms with Crippen molar-refractivity contribution in [3.05, 3.63) is 51.4 Å². The van der Waals surface area contributed by atoms with Crippen molar-refractivity contribution in [3.63, 3.8) is 0 Å². The Kier molecular flexibility index (Phi) is 4.00. The molecular formula is C15H14F2N2O3. The predicted molar refractivity (Wildman–Crippen MR) is 74.5 cm³/mol. The van der Waals surface area contributed by atoms with E-state index in [4.69, 9.17) is 9.47 Å². The lowest BCUT2D eigenvalue weighted by molar-refractivity contribution is -0.0903. The largest absolute Gasteiger partial charge is 0.376 e. The Bertz CT molecular complexity index is 735. The lowest BCUT2D eigenvalue weighted by atomic mass is 9.95. The van der Waals surface area contributed by atoms with E-state index in [1.54, 1.807) is 6.92 Å². The van der Waals surface area contributed by atoms with Gasteiger partial charge in [0.15, 0.2) is 0 Å². The molecular weight excluding hydrogens is 294 g/mol. The molecule has 22 heavy (non-hydrogen) atoms. The van der Waals surface area contributed by atoms with E-state index < -0.39 is 23.3 Å². The predicted octanol–water partition coefficient (Wildman–Crippen LogP) is 2.11. The summed E-state index contributed by atoms with van der Waals surface area (Å²) in [6.45, 7) is 2.63. The normalized spacial score (nSPS) is 18.4. The number of H-pyrrole nitrogens is 1. The summed E-state index contributed by atoms with van der Waals surface area (Å²) in [5.74, 6) is -1.62. The molecule has 2 aromatic rings. The monoisotopic (exact) mass is 308 g/mol. The molecule has 1 N–H and O–H groups in total. The van der Waals surface area contributed by atoms with E-state index in [1.807, 2.05) is 0 Å². The van der Waals surface area contributed by atoms with E-state index >= 15 is 0 Å². The minimum atomic E-state index is -0.811. The van der Waals surface area contributed by atoms with Crippen molar-refractivity contribution >= 4 is 0 Å². The first-order chi connectivity index (χ1) is 10.6. The zero-order chi connectivity index (χ0) is 15.7. The van der Waals surface area contributed by atoms with Crippen LogP contribution in [0.25, 0.3) is 11.1 Å². The van der Waals surface area contributed by atoms with Gasteiger partial charge in [-0.25, -0.2) is 13.9 Å². The molecule has 1 saturated heterocycles. The van der Waals surface area contributed by atoms with Crippen LogP contribution >= 0.6 is 0 Å². The highest BCUT2D eigenvalue weighted by atomic mass is 19.1. The molecule has 0 aliphatic carbocycles. The van der Waals surface area contributed by atoms with Gasteiger partial charge in [-0.15, -0.1) is 0 Å². The number of benzene rings is 1. The standard InChI is InChI=1S/C15H14F2N2O3/c1-8-12(11-7-21-5-6-22-11)14(15(20)19-18-8)13-9(16)3-2-4-10(13)17/h2-4,11H,5-7H2,1H3,(H,19,20). The van der Waals surface area contributed by atoms with Crippen molar-refractivity contribution in [2.45, 2.75) is 13.0 Å². The van der Waals surface area contributed by atoms with Crippen LogP contribution in [-0.2, 0) is 9.47 Å². The molecule has 1 atom stereocenters. The van der Waals surface area contributed by atoms with Crippen LogP contribution in [0.15, 0.2) is 23.0 Å². The first kappa shape index (κ1) is 14.8. The first-order valence-corrected chi connectivity index (χ1v) is 6.82. The Hall–Kier alpha value is -2.12. The SMILES string of the molecule is Cc1n[nH]c(=O)c(-c2c(F)cccc2F)c1C1COCCO1. The fraction of sp³-hybridized carbons (Fsp3) is 0.333. The molecule has 0 radical (unpaired) electrons. The second-order valence-electron chi connectivity index (χ2n) is 4.96. The number of hydrogen-bond acceptors (Lipinski definition) is 4. The van der Waals surface area contributed by atoms with Crippen LogP contribution < -0.4 is 5.56 Å². The molecule has 0 amide bonds. The number of nitrogens with one attached hydrogen (secondary N) is 1. The highest BCUT2D eigenvalue weighted by Crippen LogP contribution is 2.33. The average Bonchev–Trinajstić information content (AvgIpc) is 2.51. The zero-order valence-corrected chi connectivity index (χ0v) is 11.9. The van der Waals surface area contributed by atoms with Crippen molar-refractivity contribution in [2.24, 2.45) is 0 Å². The third-order valence-electron chi connectivity index (χ3n) is 3.56. The fourth-order valence-electron chi connectivity index (χ4n) is 2.59. The lowest BCUT2D eigenvalue weighted by Gasteiger charge is -2.25. The summed E-state index contributed by atoms with van der Waals surface area (Å²) >= 11 is 0. The molecule has 1 aromatic carbocycles. The Morgan fingerprint density at radius 2 is 1.95 bits per heavy atom. The van der Waals surface area contributed by atoms with Crippen LogP contribution in [0.5, 0.6) is 0 Å². The molecule has 7 heteroatoms. The van der Waals surface area contributed by atoms with Crippen LogP contribution in [0.4, 0.5) is 8.78 Å². The van der Waals surface area contributed by atoms with E-state index in [0.29, 0.717) is 24.5 Å². The molecule has 3 rings (SSSR count). The van der Waals surface area contributed by atoms with Gasteiger partial charge < -0.3 is 9.47 Å². The van der Waals surface area contributed by atoms with E-state index in [1.165, 1.54) is 6.07 Å². The van der Waals surface area contributed by atoms with Gasteiger partial charge in [-0.05, 0) is 19.1 Å². The number of aromatic nitrogens is 2. The third-order valence-corrected chi connectivity index (χ3v) is 3.56. The third kappa shape index (κ3) is 2.53. The van der Waals surface area contributed by atoms with E-state index in [2.05, 4.69) is 10.2 Å². The van der Waals surface area contributed by atoms with Gasteiger partial charge in [-0.1, -0.05) is 6.07 Å². The van der Waals surface area contributed by atoms with Gasteiger partial charge >= 0.3 is 0 Å². The summed E-state index contributed by atoms with van der Waals surface area (Å²) in [7, 11) is 0. The Morgan fingerprint density at radius 1 is 1.23 bits per heavy atom. The van der Waals surface area contributed by atoms with Crippen LogP contribution in [0, 0.1) is 18.6 Å². The molecule has 1 fully saturated rings. The maximum absolute atomic E-state index is 14.1. The molecule has 2 heterocycles. The highest BCUT2D eigenvalue weighted by molar-refractivity contribution is 5.68. The summed E-state index contributed by atoms with van der Waals surface area (Å²) in [6, 6.07) is 3.46. The molecule has 1 aliphatic rings. The molecule has 5 nitrogen and oxygen atoms in total. The van der Waals surface area contributed by atoms with E-state index in [9.17, 15) is 13.6 Å². The summed E-state index contributed by atoms with van der Waals surface area (Å²) in [5.41, 5.74) is -0.351. The molecule has 1 aliphatic heterocycles. The number of aryl methyl sites for hydroxylation is 1. The quantitative estimate of drug-likeness (QED) is 0.923.